The van der Waals surface area contributed by atoms with Crippen molar-refractivity contribution in [3.63, 3.8) is 0 Å². The number of hydrogen-bond acceptors (Lipinski definition) is 4. The molecular formula is C11H19NO4. The fraction of sp³-hybridized carbons (Fsp3) is 0.818. The van der Waals surface area contributed by atoms with Gasteiger partial charge in [-0.3, -0.25) is 4.79 Å². The molecule has 1 aliphatic heterocycles. The Bertz CT molecular complexity index is 254. The number of methoxy groups -OCH3 is 1. The first kappa shape index (κ1) is 12.8. The third-order valence-electron chi connectivity index (χ3n) is 2.64. The molecule has 0 saturated carbocycles. The molecule has 0 aromatic rings. The van der Waals surface area contributed by atoms with Crippen LogP contribution in [-0.2, 0) is 14.3 Å². The lowest BCUT2D eigenvalue weighted by Crippen LogP contribution is -2.42. The second-order valence-corrected chi connectivity index (χ2v) is 3.92. The van der Waals surface area contributed by atoms with Crippen LogP contribution >= 0.6 is 0 Å². The Hall–Kier alpha value is -1.26. The number of piperidine rings is 1. The molecule has 0 aromatic carbocycles. The molecule has 0 bridgehead atoms. The van der Waals surface area contributed by atoms with E-state index in [-0.39, 0.29) is 18.0 Å². The number of rotatable bonds is 3. The van der Waals surface area contributed by atoms with Gasteiger partial charge in [0.05, 0.1) is 19.6 Å². The minimum absolute atomic E-state index is 0.195. The maximum atomic E-state index is 11.6. The van der Waals surface area contributed by atoms with Gasteiger partial charge in [0.2, 0.25) is 0 Å². The third kappa shape index (κ3) is 3.40. The summed E-state index contributed by atoms with van der Waals surface area (Å²) in [4.78, 5) is 24.5. The summed E-state index contributed by atoms with van der Waals surface area (Å²) in [6, 6.07) is 0. The number of esters is 1. The minimum atomic E-state index is -0.368. The zero-order chi connectivity index (χ0) is 12.0. The van der Waals surface area contributed by atoms with Crippen molar-refractivity contribution in [1.29, 1.82) is 0 Å². The van der Waals surface area contributed by atoms with Crippen LogP contribution in [0.4, 0.5) is 4.79 Å². The van der Waals surface area contributed by atoms with Crippen LogP contribution in [0.25, 0.3) is 0 Å². The monoisotopic (exact) mass is 229 g/mol. The predicted molar refractivity (Wildman–Crippen MR) is 58.0 cm³/mol. The fourth-order valence-electron chi connectivity index (χ4n) is 1.78. The van der Waals surface area contributed by atoms with Crippen molar-refractivity contribution >= 4 is 12.1 Å². The molecule has 0 radical (unpaired) electrons. The van der Waals surface area contributed by atoms with Crippen molar-refractivity contribution in [1.82, 2.24) is 4.90 Å². The predicted octanol–water partition coefficient (Wildman–Crippen LogP) is 1.42. The smallest absolute Gasteiger partial charge is 0.409 e. The SMILES string of the molecule is CCCOC(=O)C1CCCN(C(=O)OC)C1. The van der Waals surface area contributed by atoms with Gasteiger partial charge in [0.25, 0.3) is 0 Å². The maximum absolute atomic E-state index is 11.6. The molecule has 1 amide bonds. The zero-order valence-electron chi connectivity index (χ0n) is 9.90. The summed E-state index contributed by atoms with van der Waals surface area (Å²) in [6.07, 6.45) is 2.06. The zero-order valence-corrected chi connectivity index (χ0v) is 9.90. The van der Waals surface area contributed by atoms with Gasteiger partial charge in [-0.15, -0.1) is 0 Å². The molecule has 5 heteroatoms. The van der Waals surface area contributed by atoms with Crippen molar-refractivity contribution in [2.45, 2.75) is 26.2 Å². The normalized spacial score (nSPS) is 20.4. The summed E-state index contributed by atoms with van der Waals surface area (Å²) in [7, 11) is 1.35. The van der Waals surface area contributed by atoms with Gasteiger partial charge in [-0.25, -0.2) is 4.79 Å². The molecule has 1 saturated heterocycles. The molecule has 1 aliphatic rings. The van der Waals surface area contributed by atoms with Crippen LogP contribution in [0.2, 0.25) is 0 Å². The van der Waals surface area contributed by atoms with Crippen LogP contribution in [-0.4, -0.2) is 43.8 Å². The summed E-state index contributed by atoms with van der Waals surface area (Å²) < 4.78 is 9.71. The van der Waals surface area contributed by atoms with Gasteiger partial charge in [-0.1, -0.05) is 6.92 Å². The van der Waals surface area contributed by atoms with Gasteiger partial charge < -0.3 is 14.4 Å². The van der Waals surface area contributed by atoms with Crippen LogP contribution in [0.1, 0.15) is 26.2 Å². The van der Waals surface area contributed by atoms with Gasteiger partial charge in [0.15, 0.2) is 0 Å². The highest BCUT2D eigenvalue weighted by molar-refractivity contribution is 5.74. The number of nitrogens with zero attached hydrogens (tertiary/aromatic N) is 1. The second kappa shape index (κ2) is 6.35. The van der Waals surface area contributed by atoms with E-state index < -0.39 is 0 Å². The van der Waals surface area contributed by atoms with Gasteiger partial charge in [0.1, 0.15) is 0 Å². The lowest BCUT2D eigenvalue weighted by Gasteiger charge is -2.30. The van der Waals surface area contributed by atoms with Gasteiger partial charge in [0, 0.05) is 13.1 Å². The van der Waals surface area contributed by atoms with E-state index in [0.29, 0.717) is 19.7 Å². The van der Waals surface area contributed by atoms with E-state index in [0.717, 1.165) is 19.3 Å². The molecule has 1 unspecified atom stereocenters. The molecule has 1 atom stereocenters. The average Bonchev–Trinajstić information content (AvgIpc) is 2.35. The lowest BCUT2D eigenvalue weighted by atomic mass is 9.99. The molecule has 1 fully saturated rings. The summed E-state index contributed by atoms with van der Waals surface area (Å²) in [5.74, 6) is -0.394. The van der Waals surface area contributed by atoms with Crippen molar-refractivity contribution in [3.05, 3.63) is 0 Å². The Morgan fingerprint density at radius 1 is 1.44 bits per heavy atom. The first-order valence-electron chi connectivity index (χ1n) is 5.68. The topological polar surface area (TPSA) is 55.8 Å². The first-order valence-corrected chi connectivity index (χ1v) is 5.68. The van der Waals surface area contributed by atoms with Crippen molar-refractivity contribution < 1.29 is 19.1 Å². The lowest BCUT2D eigenvalue weighted by molar-refractivity contribution is -0.150. The van der Waals surface area contributed by atoms with Crippen molar-refractivity contribution in [2.24, 2.45) is 5.92 Å². The molecule has 0 spiro atoms. The Balaban J connectivity index is 2.43. The van der Waals surface area contributed by atoms with E-state index in [2.05, 4.69) is 4.74 Å². The maximum Gasteiger partial charge on any atom is 0.409 e. The molecule has 0 aromatic heterocycles. The van der Waals surface area contributed by atoms with Crippen molar-refractivity contribution in [3.8, 4) is 0 Å². The highest BCUT2D eigenvalue weighted by Gasteiger charge is 2.29. The van der Waals surface area contributed by atoms with Crippen LogP contribution in [0.15, 0.2) is 0 Å². The van der Waals surface area contributed by atoms with E-state index in [4.69, 9.17) is 4.74 Å². The quantitative estimate of drug-likeness (QED) is 0.687. The Morgan fingerprint density at radius 3 is 2.81 bits per heavy atom. The summed E-state index contributed by atoms with van der Waals surface area (Å²) in [5.41, 5.74) is 0. The number of ether oxygens (including phenoxy) is 2. The highest BCUT2D eigenvalue weighted by Crippen LogP contribution is 2.18. The first-order chi connectivity index (χ1) is 7.69. The van der Waals surface area contributed by atoms with E-state index >= 15 is 0 Å². The van der Waals surface area contributed by atoms with E-state index in [1.165, 1.54) is 7.11 Å². The molecule has 0 aliphatic carbocycles. The van der Waals surface area contributed by atoms with E-state index in [9.17, 15) is 9.59 Å². The molecule has 1 heterocycles. The van der Waals surface area contributed by atoms with Gasteiger partial charge in [-0.2, -0.15) is 0 Å². The number of likely N-dealkylation sites (tertiary alicyclic amines) is 1. The van der Waals surface area contributed by atoms with Crippen LogP contribution in [0, 0.1) is 5.92 Å². The standard InChI is InChI=1S/C11H19NO4/c1-3-7-16-10(13)9-5-4-6-12(8-9)11(14)15-2/h9H,3-8H2,1-2H3. The molecule has 1 rings (SSSR count). The average molecular weight is 229 g/mol. The third-order valence-corrected chi connectivity index (χ3v) is 2.64. The second-order valence-electron chi connectivity index (χ2n) is 3.92. The molecule has 16 heavy (non-hydrogen) atoms. The van der Waals surface area contributed by atoms with Gasteiger partial charge in [-0.05, 0) is 19.3 Å². The number of carbonyl (C=O) groups is 2. The summed E-state index contributed by atoms with van der Waals surface area (Å²) in [6.45, 7) is 3.47. The minimum Gasteiger partial charge on any atom is -0.465 e. The summed E-state index contributed by atoms with van der Waals surface area (Å²) in [5, 5.41) is 0. The highest BCUT2D eigenvalue weighted by atomic mass is 16.5. The van der Waals surface area contributed by atoms with Crippen LogP contribution in [0.5, 0.6) is 0 Å². The largest absolute Gasteiger partial charge is 0.465 e. The molecular weight excluding hydrogens is 210 g/mol. The Labute approximate surface area is 95.7 Å². The van der Waals surface area contributed by atoms with Crippen LogP contribution < -0.4 is 0 Å². The number of carbonyl (C=O) groups excluding carboxylic acids is 2. The Morgan fingerprint density at radius 2 is 2.19 bits per heavy atom. The van der Waals surface area contributed by atoms with Crippen LogP contribution in [0.3, 0.4) is 0 Å². The number of hydrogen-bond donors (Lipinski definition) is 0. The summed E-state index contributed by atoms with van der Waals surface area (Å²) >= 11 is 0. The fourth-order valence-corrected chi connectivity index (χ4v) is 1.78. The van der Waals surface area contributed by atoms with Gasteiger partial charge >= 0.3 is 12.1 Å². The molecule has 92 valence electrons. The van der Waals surface area contributed by atoms with Crippen molar-refractivity contribution in [2.75, 3.05) is 26.8 Å². The molecule has 5 nitrogen and oxygen atoms in total. The molecule has 0 N–H and O–H groups in total. The van der Waals surface area contributed by atoms with E-state index in [1.54, 1.807) is 4.90 Å². The number of amides is 1. The Kier molecular flexibility index (Phi) is 5.08. The van der Waals surface area contributed by atoms with E-state index in [1.807, 2.05) is 6.92 Å².